The van der Waals surface area contributed by atoms with E-state index in [1.165, 1.54) is 30.5 Å². The lowest BCUT2D eigenvalue weighted by Gasteiger charge is -2.14. The minimum absolute atomic E-state index is 0.137. The van der Waals surface area contributed by atoms with Crippen LogP contribution < -0.4 is 0 Å². The molecule has 188 valence electrons. The van der Waals surface area contributed by atoms with Crippen molar-refractivity contribution in [3.05, 3.63) is 78.6 Å². The molecule has 0 spiro atoms. The first-order valence-corrected chi connectivity index (χ1v) is 12.6. The van der Waals surface area contributed by atoms with Crippen LogP contribution in [-0.2, 0) is 6.54 Å². The van der Waals surface area contributed by atoms with Gasteiger partial charge in [0.15, 0.2) is 0 Å². The minimum atomic E-state index is -0.512. The third-order valence-electron chi connectivity index (χ3n) is 7.10. The fourth-order valence-corrected chi connectivity index (χ4v) is 5.30. The Bertz CT molecular complexity index is 1780. The molecule has 1 aromatic carbocycles. The van der Waals surface area contributed by atoms with Crippen molar-refractivity contribution in [2.24, 2.45) is 0 Å². The van der Waals surface area contributed by atoms with E-state index in [1.807, 2.05) is 30.6 Å². The van der Waals surface area contributed by atoms with E-state index >= 15 is 0 Å². The summed E-state index contributed by atoms with van der Waals surface area (Å²) in [6, 6.07) is 12.1. The van der Waals surface area contributed by atoms with E-state index in [0.717, 1.165) is 64.6 Å². The summed E-state index contributed by atoms with van der Waals surface area (Å²) in [5.74, 6) is -0.649. The molecule has 0 unspecified atom stereocenters. The number of hydrogen-bond donors (Lipinski definition) is 3. The molecular weight excluding hydrogens is 481 g/mol. The number of benzene rings is 1. The summed E-state index contributed by atoms with van der Waals surface area (Å²) < 4.78 is 14.0. The molecule has 6 aromatic rings. The Labute approximate surface area is 217 Å². The fourth-order valence-electron chi connectivity index (χ4n) is 5.30. The second-order valence-corrected chi connectivity index (χ2v) is 9.76. The van der Waals surface area contributed by atoms with Gasteiger partial charge >= 0.3 is 0 Å². The topological polar surface area (TPSA) is 107 Å². The predicted octanol–water partition coefficient (Wildman–Crippen LogP) is 5.67. The maximum Gasteiger partial charge on any atom is 0.135 e. The van der Waals surface area contributed by atoms with Crippen LogP contribution in [0.1, 0.15) is 18.4 Å². The zero-order valence-electron chi connectivity index (χ0n) is 20.4. The van der Waals surface area contributed by atoms with E-state index < -0.39 is 5.82 Å². The van der Waals surface area contributed by atoms with Crippen LogP contribution in [-0.4, -0.2) is 53.2 Å². The van der Waals surface area contributed by atoms with Gasteiger partial charge in [-0.15, -0.1) is 0 Å². The minimum Gasteiger partial charge on any atom is -0.508 e. The largest absolute Gasteiger partial charge is 0.508 e. The number of fused-ring (bicyclic) bond motifs is 2. The number of pyridine rings is 3. The highest BCUT2D eigenvalue weighted by atomic mass is 19.1. The van der Waals surface area contributed by atoms with E-state index in [2.05, 4.69) is 36.1 Å². The second kappa shape index (κ2) is 9.04. The lowest BCUT2D eigenvalue weighted by atomic mass is 10.0. The summed E-state index contributed by atoms with van der Waals surface area (Å²) >= 11 is 0. The molecule has 0 saturated carbocycles. The van der Waals surface area contributed by atoms with E-state index in [9.17, 15) is 9.50 Å². The molecule has 1 fully saturated rings. The third kappa shape index (κ3) is 4.06. The van der Waals surface area contributed by atoms with Crippen molar-refractivity contribution in [2.75, 3.05) is 13.1 Å². The highest BCUT2D eigenvalue weighted by molar-refractivity contribution is 6.00. The lowest BCUT2D eigenvalue weighted by Crippen LogP contribution is -2.18. The van der Waals surface area contributed by atoms with Gasteiger partial charge in [-0.1, -0.05) is 0 Å². The number of H-pyrrole nitrogens is 2. The van der Waals surface area contributed by atoms with Gasteiger partial charge in [-0.05, 0) is 73.5 Å². The quantitative estimate of drug-likeness (QED) is 0.279. The number of nitrogens with one attached hydrogen (secondary N) is 2. The number of nitrogens with zero attached hydrogens (tertiary/aromatic N) is 5. The number of likely N-dealkylation sites (tertiary alicyclic amines) is 1. The maximum absolute atomic E-state index is 14.0. The highest BCUT2D eigenvalue weighted by Crippen LogP contribution is 2.35. The van der Waals surface area contributed by atoms with E-state index in [4.69, 9.17) is 4.98 Å². The highest BCUT2D eigenvalue weighted by Gasteiger charge is 2.17. The Morgan fingerprint density at radius 3 is 2.63 bits per heavy atom. The first-order chi connectivity index (χ1) is 18.6. The summed E-state index contributed by atoms with van der Waals surface area (Å²) in [5, 5.41) is 18.4. The number of rotatable bonds is 5. The van der Waals surface area contributed by atoms with Crippen LogP contribution in [0.25, 0.3) is 55.7 Å². The normalized spacial score (nSPS) is 14.1. The predicted molar refractivity (Wildman–Crippen MR) is 144 cm³/mol. The summed E-state index contributed by atoms with van der Waals surface area (Å²) in [6.07, 6.45) is 9.66. The molecule has 1 aliphatic heterocycles. The van der Waals surface area contributed by atoms with Crippen LogP contribution in [0.2, 0.25) is 0 Å². The van der Waals surface area contributed by atoms with E-state index in [1.54, 1.807) is 12.4 Å². The van der Waals surface area contributed by atoms with E-state index in [-0.39, 0.29) is 5.75 Å². The Kier molecular flexibility index (Phi) is 5.36. The number of halogens is 1. The zero-order valence-corrected chi connectivity index (χ0v) is 20.4. The Balaban J connectivity index is 1.28. The van der Waals surface area contributed by atoms with Gasteiger partial charge in [0.25, 0.3) is 0 Å². The summed E-state index contributed by atoms with van der Waals surface area (Å²) in [6.45, 7) is 3.17. The molecule has 38 heavy (non-hydrogen) atoms. The zero-order chi connectivity index (χ0) is 25.6. The van der Waals surface area contributed by atoms with Gasteiger partial charge in [-0.25, -0.2) is 9.37 Å². The molecule has 0 bridgehead atoms. The SMILES string of the molecule is Oc1cc(F)cc(-c2cncc3[nH]c(-c4n[nH]c5ccc(-c6cncc(CN7CCCC7)c6)nc45)cc23)c1. The molecule has 1 saturated heterocycles. The molecule has 0 aliphatic carbocycles. The molecule has 6 heterocycles. The van der Waals surface area contributed by atoms with Crippen LogP contribution in [0, 0.1) is 5.82 Å². The van der Waals surface area contributed by atoms with Gasteiger partial charge < -0.3 is 10.1 Å². The smallest absolute Gasteiger partial charge is 0.135 e. The van der Waals surface area contributed by atoms with Crippen LogP contribution in [0.5, 0.6) is 5.75 Å². The van der Waals surface area contributed by atoms with Crippen LogP contribution in [0.4, 0.5) is 4.39 Å². The van der Waals surface area contributed by atoms with Gasteiger partial charge in [0.05, 0.1) is 28.6 Å². The van der Waals surface area contributed by atoms with Crippen LogP contribution >= 0.6 is 0 Å². The fraction of sp³-hybridized carbons (Fsp3) is 0.172. The molecule has 5 aromatic heterocycles. The van der Waals surface area contributed by atoms with Gasteiger partial charge in [0.2, 0.25) is 0 Å². The number of hydrogen-bond acceptors (Lipinski definition) is 6. The summed E-state index contributed by atoms with van der Waals surface area (Å²) in [4.78, 5) is 19.6. The monoisotopic (exact) mass is 505 g/mol. The van der Waals surface area contributed by atoms with Crippen molar-refractivity contribution in [3.8, 4) is 39.5 Å². The summed E-state index contributed by atoms with van der Waals surface area (Å²) in [7, 11) is 0. The maximum atomic E-state index is 14.0. The van der Waals surface area contributed by atoms with Crippen molar-refractivity contribution in [1.29, 1.82) is 0 Å². The summed E-state index contributed by atoms with van der Waals surface area (Å²) in [5.41, 5.74) is 7.96. The number of aromatic hydroxyl groups is 1. The second-order valence-electron chi connectivity index (χ2n) is 9.76. The van der Waals surface area contributed by atoms with Crippen molar-refractivity contribution >= 4 is 21.9 Å². The number of aromatic amines is 2. The molecule has 0 radical (unpaired) electrons. The van der Waals surface area contributed by atoms with Gasteiger partial charge in [-0.3, -0.25) is 20.0 Å². The lowest BCUT2D eigenvalue weighted by molar-refractivity contribution is 0.331. The first kappa shape index (κ1) is 22.6. The Morgan fingerprint density at radius 1 is 0.895 bits per heavy atom. The molecule has 0 amide bonds. The standard InChI is InChI=1S/C29H24FN7O/c30-20-8-18(9-21(38)10-20)23-14-32-15-27-22(23)11-26(33-27)29-28-25(35-36-29)4-3-24(34-28)19-7-17(12-31-13-19)16-37-5-1-2-6-37/h3-4,7-15,33,38H,1-2,5-6,16H2,(H,35,36). The molecule has 9 heteroatoms. The van der Waals surface area contributed by atoms with Crippen molar-refractivity contribution in [2.45, 2.75) is 19.4 Å². The molecule has 8 nitrogen and oxygen atoms in total. The van der Waals surface area contributed by atoms with Crippen molar-refractivity contribution in [3.63, 3.8) is 0 Å². The number of phenols is 1. The molecule has 1 aliphatic rings. The Hall–Kier alpha value is -4.63. The number of aromatic nitrogens is 6. The molecule has 7 rings (SSSR count). The van der Waals surface area contributed by atoms with Gasteiger partial charge in [-0.2, -0.15) is 5.10 Å². The first-order valence-electron chi connectivity index (χ1n) is 12.6. The Morgan fingerprint density at radius 2 is 1.76 bits per heavy atom. The van der Waals surface area contributed by atoms with Gasteiger partial charge in [0.1, 0.15) is 22.8 Å². The average molecular weight is 506 g/mol. The average Bonchev–Trinajstić information content (AvgIpc) is 3.67. The van der Waals surface area contributed by atoms with E-state index in [0.29, 0.717) is 16.8 Å². The van der Waals surface area contributed by atoms with Crippen molar-refractivity contribution < 1.29 is 9.50 Å². The van der Waals surface area contributed by atoms with Crippen molar-refractivity contribution in [1.82, 2.24) is 35.0 Å². The molecule has 0 atom stereocenters. The molecular formula is C29H24FN7O. The van der Waals surface area contributed by atoms with Gasteiger partial charge in [0, 0.05) is 47.7 Å². The van der Waals surface area contributed by atoms with Crippen LogP contribution in [0.15, 0.2) is 67.3 Å². The van der Waals surface area contributed by atoms with Crippen LogP contribution in [0.3, 0.4) is 0 Å². The molecule has 3 N–H and O–H groups in total. The third-order valence-corrected chi connectivity index (χ3v) is 7.10. The number of phenolic OH excluding ortho intramolecular Hbond substituents is 1.